The molecule has 39 heavy (non-hydrogen) atoms. The number of nitrogens with zero attached hydrogens (tertiary/aromatic N) is 2. The van der Waals surface area contributed by atoms with Crippen molar-refractivity contribution in [2.24, 2.45) is 16.1 Å². The van der Waals surface area contributed by atoms with Crippen LogP contribution in [0.3, 0.4) is 0 Å². The first-order chi connectivity index (χ1) is 18.4. The van der Waals surface area contributed by atoms with Gasteiger partial charge in [-0.15, -0.1) is 0 Å². The fourth-order valence-corrected chi connectivity index (χ4v) is 5.45. The first-order valence-corrected chi connectivity index (χ1v) is 13.1. The second-order valence-corrected chi connectivity index (χ2v) is 10.6. The van der Waals surface area contributed by atoms with E-state index in [4.69, 9.17) is 10.7 Å². The molecular formula is C29H33F3N4O3. The van der Waals surface area contributed by atoms with Gasteiger partial charge in [0.2, 0.25) is 17.5 Å². The van der Waals surface area contributed by atoms with Crippen molar-refractivity contribution in [3.05, 3.63) is 65.2 Å². The number of unbranched alkanes of at least 4 members (excludes halogenated alkanes) is 1. The van der Waals surface area contributed by atoms with E-state index in [1.54, 1.807) is 24.3 Å². The number of carbonyl (C=O) groups is 3. The number of anilines is 1. The number of rotatable bonds is 8. The van der Waals surface area contributed by atoms with Gasteiger partial charge in [-0.25, -0.2) is 4.99 Å². The van der Waals surface area contributed by atoms with E-state index in [1.165, 1.54) is 31.0 Å². The molecule has 1 unspecified atom stereocenters. The minimum Gasteiger partial charge on any atom is -0.369 e. The number of aliphatic imine (C=N–C) groups is 1. The van der Waals surface area contributed by atoms with Gasteiger partial charge in [-0.3, -0.25) is 14.4 Å². The zero-order valence-corrected chi connectivity index (χ0v) is 22.1. The van der Waals surface area contributed by atoms with Gasteiger partial charge < -0.3 is 16.0 Å². The summed E-state index contributed by atoms with van der Waals surface area (Å²) >= 11 is 0. The molecule has 0 radical (unpaired) electrons. The molecule has 2 aromatic carbocycles. The van der Waals surface area contributed by atoms with Crippen LogP contribution in [0.1, 0.15) is 75.0 Å². The van der Waals surface area contributed by atoms with Crippen LogP contribution >= 0.6 is 0 Å². The third-order valence-electron chi connectivity index (χ3n) is 8.08. The van der Waals surface area contributed by atoms with Gasteiger partial charge in [0.25, 0.3) is 5.91 Å². The molecule has 0 bridgehead atoms. The highest BCUT2D eigenvalue weighted by Crippen LogP contribution is 2.42. The van der Waals surface area contributed by atoms with E-state index in [1.807, 2.05) is 0 Å². The summed E-state index contributed by atoms with van der Waals surface area (Å²) in [5, 5.41) is 2.83. The number of nitrogens with one attached hydrogen (secondary N) is 1. The molecule has 10 heteroatoms. The van der Waals surface area contributed by atoms with Gasteiger partial charge in [0.05, 0.1) is 17.0 Å². The monoisotopic (exact) mass is 542 g/mol. The number of amides is 3. The van der Waals surface area contributed by atoms with E-state index in [2.05, 4.69) is 5.32 Å². The summed E-state index contributed by atoms with van der Waals surface area (Å²) in [4.78, 5) is 44.7. The fraction of sp³-hybridized carbons (Fsp3) is 0.448. The summed E-state index contributed by atoms with van der Waals surface area (Å²) in [6, 6.07) is 11.4. The number of benzene rings is 2. The number of carbonyl (C=O) groups excluding carboxylic acids is 3. The second kappa shape index (κ2) is 10.8. The summed E-state index contributed by atoms with van der Waals surface area (Å²) in [7, 11) is 1.49. The number of halogens is 3. The number of likely N-dealkylation sites (N-methyl/N-ethyl adjacent to an activating group) is 1. The minimum absolute atomic E-state index is 0.145. The topological polar surface area (TPSA) is 105 Å². The minimum atomic E-state index is -4.49. The van der Waals surface area contributed by atoms with E-state index >= 15 is 0 Å². The van der Waals surface area contributed by atoms with E-state index < -0.39 is 28.7 Å². The van der Waals surface area contributed by atoms with Crippen LogP contribution in [0.25, 0.3) is 0 Å². The van der Waals surface area contributed by atoms with Crippen LogP contribution in [-0.4, -0.2) is 41.0 Å². The van der Waals surface area contributed by atoms with Gasteiger partial charge in [0.15, 0.2) is 0 Å². The lowest BCUT2D eigenvalue weighted by molar-refractivity contribution is -0.142. The molecule has 2 aliphatic rings. The molecule has 3 N–H and O–H groups in total. The van der Waals surface area contributed by atoms with Crippen LogP contribution in [0.4, 0.5) is 18.9 Å². The van der Waals surface area contributed by atoms with Crippen LogP contribution < -0.4 is 11.1 Å². The highest BCUT2D eigenvalue weighted by Gasteiger charge is 2.43. The van der Waals surface area contributed by atoms with Crippen LogP contribution in [0, 0.1) is 5.41 Å². The van der Waals surface area contributed by atoms with Crippen LogP contribution in [0.15, 0.2) is 53.5 Å². The lowest BCUT2D eigenvalue weighted by Crippen LogP contribution is -2.54. The van der Waals surface area contributed by atoms with Crippen molar-refractivity contribution in [1.82, 2.24) is 4.90 Å². The molecule has 7 nitrogen and oxygen atoms in total. The number of benzodiazepines with no additional fused rings is 1. The Labute approximate surface area is 225 Å². The largest absolute Gasteiger partial charge is 0.416 e. The number of nitrogens with two attached hydrogens (primary N) is 1. The van der Waals surface area contributed by atoms with Crippen molar-refractivity contribution in [1.29, 1.82) is 0 Å². The van der Waals surface area contributed by atoms with Crippen LogP contribution in [0.5, 0.6) is 0 Å². The van der Waals surface area contributed by atoms with Crippen LogP contribution in [0.2, 0.25) is 0 Å². The molecule has 1 atom stereocenters. The molecule has 208 valence electrons. The molecule has 4 rings (SSSR count). The molecule has 2 aromatic rings. The van der Waals surface area contributed by atoms with Gasteiger partial charge >= 0.3 is 6.18 Å². The highest BCUT2D eigenvalue weighted by molar-refractivity contribution is 6.20. The number of hydrogen-bond donors (Lipinski definition) is 2. The maximum absolute atomic E-state index is 13.4. The van der Waals surface area contributed by atoms with Crippen molar-refractivity contribution >= 4 is 29.1 Å². The predicted octanol–water partition coefficient (Wildman–Crippen LogP) is 5.28. The molecule has 0 saturated heterocycles. The molecule has 3 amide bonds. The van der Waals surface area contributed by atoms with Gasteiger partial charge in [0.1, 0.15) is 0 Å². The maximum atomic E-state index is 13.4. The number of fused-ring (bicyclic) bond motifs is 1. The van der Waals surface area contributed by atoms with E-state index in [9.17, 15) is 27.6 Å². The normalized spacial score (nSPS) is 20.4. The van der Waals surface area contributed by atoms with Crippen molar-refractivity contribution in [2.45, 2.75) is 70.1 Å². The van der Waals surface area contributed by atoms with Crippen LogP contribution in [-0.2, 0) is 20.6 Å². The third kappa shape index (κ3) is 5.69. The zero-order valence-electron chi connectivity index (χ0n) is 22.1. The second-order valence-electron chi connectivity index (χ2n) is 10.6. The van der Waals surface area contributed by atoms with E-state index in [0.29, 0.717) is 41.8 Å². The number of primary amides is 1. The van der Waals surface area contributed by atoms with Crippen molar-refractivity contribution in [3.8, 4) is 0 Å². The Kier molecular flexibility index (Phi) is 7.86. The Morgan fingerprint density at radius 2 is 1.69 bits per heavy atom. The molecule has 1 aliphatic carbocycles. The first-order valence-electron chi connectivity index (χ1n) is 13.1. The first kappa shape index (κ1) is 28.3. The Bertz CT molecular complexity index is 1280. The third-order valence-corrected chi connectivity index (χ3v) is 8.08. The molecule has 1 fully saturated rings. The van der Waals surface area contributed by atoms with Gasteiger partial charge in [0, 0.05) is 30.0 Å². The molecule has 0 spiro atoms. The molecule has 1 heterocycles. The van der Waals surface area contributed by atoms with Gasteiger partial charge in [-0.2, -0.15) is 13.2 Å². The molecule has 0 aromatic heterocycles. The number of hydrogen-bond acceptors (Lipinski definition) is 4. The number of para-hydroxylation sites is 1. The fourth-order valence-electron chi connectivity index (χ4n) is 5.45. The van der Waals surface area contributed by atoms with Crippen molar-refractivity contribution < 1.29 is 27.6 Å². The number of alkyl halides is 3. The predicted molar refractivity (Wildman–Crippen MR) is 142 cm³/mol. The van der Waals surface area contributed by atoms with Gasteiger partial charge in [-0.05, 0) is 50.8 Å². The summed E-state index contributed by atoms with van der Waals surface area (Å²) < 4.78 is 39.5. The summed E-state index contributed by atoms with van der Waals surface area (Å²) in [5.41, 5.74) is 4.37. The standard InChI is InChI=1S/C29H33F3N4O3/c1-27(36(2)23(37)11-5-6-16-28(25(33)38)17-7-8-18-28)26(39)34-22-10-4-3-9-21(22)24(35-27)19-12-14-20(15-13-19)29(30,31)32/h3-4,9-10,12-15H,5-8,11,16-18H2,1-2H3,(H2,33,38)(H,34,39). The van der Waals surface area contributed by atoms with E-state index in [0.717, 1.165) is 37.8 Å². The Hall–Kier alpha value is -3.69. The molecule has 1 saturated carbocycles. The maximum Gasteiger partial charge on any atom is 0.416 e. The molecular weight excluding hydrogens is 509 g/mol. The SMILES string of the molecule is CN(C(=O)CCCCC1(C(N)=O)CCCC1)C1(C)N=C(c2ccc(C(F)(F)F)cc2)c2ccccc2NC1=O. The smallest absolute Gasteiger partial charge is 0.369 e. The average Bonchev–Trinajstić information content (AvgIpc) is 3.35. The average molecular weight is 543 g/mol. The lowest BCUT2D eigenvalue weighted by atomic mass is 9.80. The summed E-state index contributed by atoms with van der Waals surface area (Å²) in [6.45, 7) is 1.51. The Morgan fingerprint density at radius 1 is 1.05 bits per heavy atom. The lowest BCUT2D eigenvalue weighted by Gasteiger charge is -2.34. The Morgan fingerprint density at radius 3 is 2.31 bits per heavy atom. The quantitative estimate of drug-likeness (QED) is 0.444. The highest BCUT2D eigenvalue weighted by atomic mass is 19.4. The van der Waals surface area contributed by atoms with Crippen molar-refractivity contribution in [2.75, 3.05) is 12.4 Å². The van der Waals surface area contributed by atoms with Crippen molar-refractivity contribution in [3.63, 3.8) is 0 Å². The summed E-state index contributed by atoms with van der Waals surface area (Å²) in [6.07, 6.45) is 0.943. The Balaban J connectivity index is 1.57. The zero-order chi connectivity index (χ0) is 28.4. The molecule has 1 aliphatic heterocycles. The van der Waals surface area contributed by atoms with Gasteiger partial charge in [-0.1, -0.05) is 49.6 Å². The van der Waals surface area contributed by atoms with E-state index in [-0.39, 0.29) is 18.2 Å². The summed E-state index contributed by atoms with van der Waals surface area (Å²) in [5.74, 6) is -1.13.